The molecule has 92 valence electrons. The van der Waals surface area contributed by atoms with Gasteiger partial charge in [0.05, 0.1) is 5.02 Å². The first-order valence-corrected chi connectivity index (χ1v) is 6.34. The molecule has 1 saturated carbocycles. The second kappa shape index (κ2) is 5.15. The topological polar surface area (TPSA) is 50.2 Å². The Morgan fingerprint density at radius 2 is 2.12 bits per heavy atom. The minimum absolute atomic E-state index is 0.120. The number of Topliss-reactive ketones (excluding diaryl/α,β-unsaturated/α-hetero) is 1. The van der Waals surface area contributed by atoms with Gasteiger partial charge in [0.2, 0.25) is 0 Å². The molecular formula is C13H16ClNO2. The van der Waals surface area contributed by atoms with Gasteiger partial charge in [-0.05, 0) is 24.5 Å². The number of carbonyl (C=O) groups is 1. The summed E-state index contributed by atoms with van der Waals surface area (Å²) < 4.78 is 0. The van der Waals surface area contributed by atoms with Crippen LogP contribution in [0.4, 0.5) is 0 Å². The maximum absolute atomic E-state index is 12.1. The van der Waals surface area contributed by atoms with Crippen LogP contribution in [-0.4, -0.2) is 21.5 Å². The number of hydrogen-bond donors (Lipinski definition) is 1. The molecule has 0 bridgehead atoms. The van der Waals surface area contributed by atoms with Crippen LogP contribution in [0.1, 0.15) is 37.7 Å². The highest BCUT2D eigenvalue weighted by molar-refractivity contribution is 6.31. The van der Waals surface area contributed by atoms with Crippen LogP contribution < -0.4 is 0 Å². The first-order valence-electron chi connectivity index (χ1n) is 5.96. The van der Waals surface area contributed by atoms with Crippen LogP contribution in [0.25, 0.3) is 0 Å². The lowest BCUT2D eigenvalue weighted by molar-refractivity contribution is -0.139. The minimum atomic E-state index is -1.13. The summed E-state index contributed by atoms with van der Waals surface area (Å²) in [6.45, 7) is 0. The molecule has 3 nitrogen and oxygen atoms in total. The number of aromatic nitrogens is 1. The fourth-order valence-electron chi connectivity index (χ4n) is 2.30. The van der Waals surface area contributed by atoms with Crippen molar-refractivity contribution in [3.63, 3.8) is 0 Å². The molecule has 1 heterocycles. The second-order valence-electron chi connectivity index (χ2n) is 4.66. The number of pyridine rings is 1. The molecule has 1 aliphatic carbocycles. The molecule has 0 saturated heterocycles. The third kappa shape index (κ3) is 2.85. The molecule has 4 heteroatoms. The predicted molar refractivity (Wildman–Crippen MR) is 66.0 cm³/mol. The monoisotopic (exact) mass is 253 g/mol. The number of aliphatic hydroxyl groups is 1. The largest absolute Gasteiger partial charge is 0.382 e. The Morgan fingerprint density at radius 1 is 1.41 bits per heavy atom. The van der Waals surface area contributed by atoms with E-state index in [1.54, 1.807) is 12.3 Å². The average molecular weight is 254 g/mol. The van der Waals surface area contributed by atoms with Crippen molar-refractivity contribution in [3.8, 4) is 0 Å². The quantitative estimate of drug-likeness (QED) is 0.901. The summed E-state index contributed by atoms with van der Waals surface area (Å²) in [5, 5.41) is 10.8. The Bertz CT molecular complexity index is 414. The molecule has 0 unspecified atom stereocenters. The zero-order chi connectivity index (χ0) is 12.3. The average Bonchev–Trinajstić information content (AvgIpc) is 2.33. The molecule has 1 aromatic rings. The SMILES string of the molecule is O=C(Cc1ccncc1Cl)C1(O)CCCCC1. The van der Waals surface area contributed by atoms with E-state index in [4.69, 9.17) is 11.6 Å². The van der Waals surface area contributed by atoms with Crippen molar-refractivity contribution in [1.82, 2.24) is 4.98 Å². The molecule has 1 N–H and O–H groups in total. The van der Waals surface area contributed by atoms with E-state index in [0.717, 1.165) is 24.8 Å². The zero-order valence-corrected chi connectivity index (χ0v) is 10.4. The fraction of sp³-hybridized carbons (Fsp3) is 0.538. The Morgan fingerprint density at radius 3 is 2.76 bits per heavy atom. The molecule has 2 rings (SSSR count). The van der Waals surface area contributed by atoms with E-state index in [2.05, 4.69) is 4.98 Å². The van der Waals surface area contributed by atoms with Gasteiger partial charge in [-0.1, -0.05) is 30.9 Å². The van der Waals surface area contributed by atoms with Gasteiger partial charge >= 0.3 is 0 Å². The van der Waals surface area contributed by atoms with Gasteiger partial charge in [-0.3, -0.25) is 9.78 Å². The standard InChI is InChI=1S/C13H16ClNO2/c14-11-9-15-7-4-10(11)8-12(16)13(17)5-2-1-3-6-13/h4,7,9,17H,1-3,5-6,8H2. The third-order valence-electron chi connectivity index (χ3n) is 3.41. The van der Waals surface area contributed by atoms with Crippen molar-refractivity contribution < 1.29 is 9.90 Å². The number of carbonyl (C=O) groups excluding carboxylic acids is 1. The number of hydrogen-bond acceptors (Lipinski definition) is 3. The summed E-state index contributed by atoms with van der Waals surface area (Å²) in [5.74, 6) is -0.120. The summed E-state index contributed by atoms with van der Waals surface area (Å²) in [6.07, 6.45) is 7.43. The zero-order valence-electron chi connectivity index (χ0n) is 9.66. The molecular weight excluding hydrogens is 238 g/mol. The van der Waals surface area contributed by atoms with E-state index < -0.39 is 5.60 Å². The number of ketones is 1. The van der Waals surface area contributed by atoms with E-state index >= 15 is 0 Å². The fourth-order valence-corrected chi connectivity index (χ4v) is 2.49. The molecule has 0 amide bonds. The highest BCUT2D eigenvalue weighted by Gasteiger charge is 2.36. The van der Waals surface area contributed by atoms with Crippen LogP contribution in [0.15, 0.2) is 18.5 Å². The molecule has 0 aromatic carbocycles. The lowest BCUT2D eigenvalue weighted by atomic mass is 9.80. The molecule has 0 aliphatic heterocycles. The van der Waals surface area contributed by atoms with Crippen LogP contribution in [-0.2, 0) is 11.2 Å². The summed E-state index contributed by atoms with van der Waals surface area (Å²) in [4.78, 5) is 16.0. The van der Waals surface area contributed by atoms with Crippen LogP contribution >= 0.6 is 11.6 Å². The summed E-state index contributed by atoms with van der Waals surface area (Å²) in [7, 11) is 0. The van der Waals surface area contributed by atoms with Crippen molar-refractivity contribution in [3.05, 3.63) is 29.0 Å². The molecule has 1 aliphatic rings. The Hall–Kier alpha value is -0.930. The first-order chi connectivity index (χ1) is 8.12. The Kier molecular flexibility index (Phi) is 3.79. The summed E-state index contributed by atoms with van der Waals surface area (Å²) in [5.41, 5.74) is -0.393. The molecule has 1 aromatic heterocycles. The lowest BCUT2D eigenvalue weighted by Crippen LogP contribution is -2.41. The van der Waals surface area contributed by atoms with Crippen molar-refractivity contribution in [2.45, 2.75) is 44.1 Å². The third-order valence-corrected chi connectivity index (χ3v) is 3.75. The van der Waals surface area contributed by atoms with Gasteiger partial charge in [-0.15, -0.1) is 0 Å². The molecule has 0 spiro atoms. The van der Waals surface area contributed by atoms with Crippen molar-refractivity contribution in [2.24, 2.45) is 0 Å². The van der Waals surface area contributed by atoms with E-state index in [1.165, 1.54) is 6.20 Å². The van der Waals surface area contributed by atoms with Crippen LogP contribution in [0, 0.1) is 0 Å². The highest BCUT2D eigenvalue weighted by Crippen LogP contribution is 2.30. The van der Waals surface area contributed by atoms with E-state index in [0.29, 0.717) is 17.9 Å². The molecule has 0 radical (unpaired) electrons. The number of halogens is 1. The van der Waals surface area contributed by atoms with Gasteiger partial charge in [0.1, 0.15) is 5.60 Å². The summed E-state index contributed by atoms with van der Waals surface area (Å²) in [6, 6.07) is 1.73. The van der Waals surface area contributed by atoms with E-state index in [-0.39, 0.29) is 12.2 Å². The van der Waals surface area contributed by atoms with Gasteiger partial charge in [-0.2, -0.15) is 0 Å². The highest BCUT2D eigenvalue weighted by atomic mass is 35.5. The Balaban J connectivity index is 2.08. The van der Waals surface area contributed by atoms with Crippen LogP contribution in [0.2, 0.25) is 5.02 Å². The van der Waals surface area contributed by atoms with E-state index in [9.17, 15) is 9.90 Å². The van der Waals surface area contributed by atoms with Crippen LogP contribution in [0.3, 0.4) is 0 Å². The normalized spacial score (nSPS) is 18.9. The van der Waals surface area contributed by atoms with Gasteiger partial charge in [-0.25, -0.2) is 0 Å². The number of nitrogens with zero attached hydrogens (tertiary/aromatic N) is 1. The maximum Gasteiger partial charge on any atom is 0.168 e. The minimum Gasteiger partial charge on any atom is -0.382 e. The van der Waals surface area contributed by atoms with Crippen molar-refractivity contribution >= 4 is 17.4 Å². The predicted octanol–water partition coefficient (Wildman–Crippen LogP) is 2.54. The molecule has 1 fully saturated rings. The van der Waals surface area contributed by atoms with Crippen LogP contribution in [0.5, 0.6) is 0 Å². The molecule has 0 atom stereocenters. The first kappa shape index (κ1) is 12.5. The number of rotatable bonds is 3. The Labute approximate surface area is 106 Å². The van der Waals surface area contributed by atoms with E-state index in [1.807, 2.05) is 0 Å². The van der Waals surface area contributed by atoms with Crippen molar-refractivity contribution in [2.75, 3.05) is 0 Å². The smallest absolute Gasteiger partial charge is 0.168 e. The second-order valence-corrected chi connectivity index (χ2v) is 5.07. The van der Waals surface area contributed by atoms with Gasteiger partial charge in [0.25, 0.3) is 0 Å². The maximum atomic E-state index is 12.1. The van der Waals surface area contributed by atoms with Gasteiger partial charge < -0.3 is 5.11 Å². The van der Waals surface area contributed by atoms with Crippen molar-refractivity contribution in [1.29, 1.82) is 0 Å². The lowest BCUT2D eigenvalue weighted by Gasteiger charge is -2.30. The summed E-state index contributed by atoms with van der Waals surface area (Å²) >= 11 is 5.96. The van der Waals surface area contributed by atoms with Gasteiger partial charge in [0.15, 0.2) is 5.78 Å². The van der Waals surface area contributed by atoms with Gasteiger partial charge in [0, 0.05) is 18.8 Å². The molecule has 17 heavy (non-hydrogen) atoms.